The number of carbonyl (C=O) groups excluding carboxylic acids is 1. The number of hydrogen-bond acceptors (Lipinski definition) is 4. The Hall–Kier alpha value is -1.88. The Morgan fingerprint density at radius 1 is 1.35 bits per heavy atom. The highest BCUT2D eigenvalue weighted by Crippen LogP contribution is 2.18. The van der Waals surface area contributed by atoms with E-state index >= 15 is 0 Å². The summed E-state index contributed by atoms with van der Waals surface area (Å²) in [6.45, 7) is 7.25. The first-order valence-electron chi connectivity index (χ1n) is 6.64. The number of nitrogens with one attached hydrogen (secondary N) is 2. The summed E-state index contributed by atoms with van der Waals surface area (Å²) >= 11 is 1.65. The number of anilines is 1. The molecule has 0 aliphatic carbocycles. The molecule has 0 unspecified atom stereocenters. The van der Waals surface area contributed by atoms with Crippen LogP contribution >= 0.6 is 11.3 Å². The average Bonchev–Trinajstić information content (AvgIpc) is 2.83. The van der Waals surface area contributed by atoms with Crippen molar-refractivity contribution in [2.45, 2.75) is 27.3 Å². The molecule has 20 heavy (non-hydrogen) atoms. The van der Waals surface area contributed by atoms with Crippen LogP contribution in [0.25, 0.3) is 0 Å². The van der Waals surface area contributed by atoms with Gasteiger partial charge in [-0.2, -0.15) is 0 Å². The van der Waals surface area contributed by atoms with Gasteiger partial charge in [-0.3, -0.25) is 4.79 Å². The highest BCUT2D eigenvalue weighted by atomic mass is 32.1. The molecule has 2 aromatic rings. The van der Waals surface area contributed by atoms with E-state index in [2.05, 4.69) is 21.0 Å². The lowest BCUT2D eigenvalue weighted by Crippen LogP contribution is -2.22. The second kappa shape index (κ2) is 6.52. The van der Waals surface area contributed by atoms with Gasteiger partial charge in [-0.15, -0.1) is 11.3 Å². The molecule has 5 heteroatoms. The number of amides is 1. The van der Waals surface area contributed by atoms with E-state index in [-0.39, 0.29) is 5.91 Å². The lowest BCUT2D eigenvalue weighted by Gasteiger charge is -2.10. The van der Waals surface area contributed by atoms with Crippen LogP contribution in [-0.4, -0.2) is 17.4 Å². The lowest BCUT2D eigenvalue weighted by molar-refractivity contribution is 0.0956. The molecule has 0 aliphatic rings. The quantitative estimate of drug-likeness (QED) is 0.889. The number of aromatic nitrogens is 1. The van der Waals surface area contributed by atoms with Crippen LogP contribution in [0.4, 0.5) is 5.69 Å². The summed E-state index contributed by atoms with van der Waals surface area (Å²) in [5, 5.41) is 9.28. The predicted molar refractivity (Wildman–Crippen MR) is 83.4 cm³/mol. The fraction of sp³-hybridized carbons (Fsp3) is 0.333. The SMILES string of the molecule is CCNC(=O)c1ccc(NCc2csc(C)n2)c(C)c1. The molecule has 1 aromatic carbocycles. The van der Waals surface area contributed by atoms with E-state index in [9.17, 15) is 4.79 Å². The van der Waals surface area contributed by atoms with Crippen LogP contribution in [0.1, 0.15) is 33.5 Å². The largest absolute Gasteiger partial charge is 0.379 e. The minimum atomic E-state index is -0.0303. The van der Waals surface area contributed by atoms with Gasteiger partial charge in [-0.1, -0.05) is 0 Å². The summed E-state index contributed by atoms with van der Waals surface area (Å²) in [4.78, 5) is 16.2. The number of nitrogens with zero attached hydrogens (tertiary/aromatic N) is 1. The normalized spacial score (nSPS) is 10.3. The van der Waals surface area contributed by atoms with Crippen molar-refractivity contribution in [2.75, 3.05) is 11.9 Å². The van der Waals surface area contributed by atoms with Gasteiger partial charge in [-0.05, 0) is 44.5 Å². The van der Waals surface area contributed by atoms with E-state index < -0.39 is 0 Å². The molecule has 0 radical (unpaired) electrons. The second-order valence-electron chi connectivity index (χ2n) is 4.60. The zero-order valence-corrected chi connectivity index (χ0v) is 12.8. The first kappa shape index (κ1) is 14.5. The van der Waals surface area contributed by atoms with E-state index in [1.165, 1.54) is 0 Å². The highest BCUT2D eigenvalue weighted by Gasteiger charge is 2.07. The van der Waals surface area contributed by atoms with Crippen LogP contribution in [0.5, 0.6) is 0 Å². The first-order valence-corrected chi connectivity index (χ1v) is 7.52. The van der Waals surface area contributed by atoms with Gasteiger partial charge in [0.15, 0.2) is 0 Å². The van der Waals surface area contributed by atoms with Crippen molar-refractivity contribution in [3.8, 4) is 0 Å². The van der Waals surface area contributed by atoms with Crippen LogP contribution in [0.3, 0.4) is 0 Å². The molecule has 0 saturated heterocycles. The maximum atomic E-state index is 11.8. The van der Waals surface area contributed by atoms with Crippen molar-refractivity contribution in [3.05, 3.63) is 45.4 Å². The number of aryl methyl sites for hydroxylation is 2. The molecule has 106 valence electrons. The molecule has 1 aromatic heterocycles. The van der Waals surface area contributed by atoms with Crippen molar-refractivity contribution in [2.24, 2.45) is 0 Å². The summed E-state index contributed by atoms with van der Waals surface area (Å²) in [5.41, 5.74) is 3.82. The van der Waals surface area contributed by atoms with E-state index in [1.807, 2.05) is 39.0 Å². The Morgan fingerprint density at radius 3 is 2.75 bits per heavy atom. The third-order valence-electron chi connectivity index (χ3n) is 2.95. The van der Waals surface area contributed by atoms with Crippen molar-refractivity contribution in [1.29, 1.82) is 0 Å². The van der Waals surface area contributed by atoms with Gasteiger partial charge in [0.1, 0.15) is 0 Å². The highest BCUT2D eigenvalue weighted by molar-refractivity contribution is 7.09. The zero-order chi connectivity index (χ0) is 14.5. The molecule has 0 bridgehead atoms. The number of carbonyl (C=O) groups is 1. The number of thiazole rings is 1. The fourth-order valence-electron chi connectivity index (χ4n) is 1.94. The van der Waals surface area contributed by atoms with E-state index in [4.69, 9.17) is 0 Å². The maximum absolute atomic E-state index is 11.8. The Labute approximate surface area is 123 Å². The van der Waals surface area contributed by atoms with Crippen LogP contribution in [0, 0.1) is 13.8 Å². The molecule has 0 saturated carbocycles. The smallest absolute Gasteiger partial charge is 0.251 e. The van der Waals surface area contributed by atoms with Gasteiger partial charge in [0, 0.05) is 23.2 Å². The molecule has 2 rings (SSSR count). The molecular weight excluding hydrogens is 270 g/mol. The monoisotopic (exact) mass is 289 g/mol. The molecule has 4 nitrogen and oxygen atoms in total. The van der Waals surface area contributed by atoms with Gasteiger partial charge in [0.25, 0.3) is 5.91 Å². The topological polar surface area (TPSA) is 54.0 Å². The Bertz CT molecular complexity index is 607. The van der Waals surface area contributed by atoms with Crippen LogP contribution in [0.2, 0.25) is 0 Å². The number of benzene rings is 1. The Morgan fingerprint density at radius 2 is 2.15 bits per heavy atom. The summed E-state index contributed by atoms with van der Waals surface area (Å²) in [7, 11) is 0. The van der Waals surface area contributed by atoms with E-state index in [0.717, 1.165) is 22.0 Å². The van der Waals surface area contributed by atoms with Gasteiger partial charge in [0.05, 0.1) is 17.2 Å². The summed E-state index contributed by atoms with van der Waals surface area (Å²) < 4.78 is 0. The summed E-state index contributed by atoms with van der Waals surface area (Å²) in [6.07, 6.45) is 0. The second-order valence-corrected chi connectivity index (χ2v) is 5.66. The number of hydrogen-bond donors (Lipinski definition) is 2. The molecule has 1 heterocycles. The molecule has 0 atom stereocenters. The van der Waals surface area contributed by atoms with Gasteiger partial charge >= 0.3 is 0 Å². The minimum absolute atomic E-state index is 0.0303. The molecule has 1 amide bonds. The van der Waals surface area contributed by atoms with E-state index in [1.54, 1.807) is 11.3 Å². The van der Waals surface area contributed by atoms with Crippen molar-refractivity contribution < 1.29 is 4.79 Å². The standard InChI is InChI=1S/C15H19N3OS/c1-4-16-15(19)12-5-6-14(10(2)7-12)17-8-13-9-20-11(3)18-13/h5-7,9,17H,4,8H2,1-3H3,(H,16,19). The molecule has 0 fully saturated rings. The minimum Gasteiger partial charge on any atom is -0.379 e. The van der Waals surface area contributed by atoms with Crippen molar-refractivity contribution in [3.63, 3.8) is 0 Å². The predicted octanol–water partition coefficient (Wildman–Crippen LogP) is 3.12. The number of rotatable bonds is 5. The first-order chi connectivity index (χ1) is 9.60. The van der Waals surface area contributed by atoms with Crippen molar-refractivity contribution in [1.82, 2.24) is 10.3 Å². The Kier molecular flexibility index (Phi) is 4.74. The van der Waals surface area contributed by atoms with Crippen LogP contribution in [0.15, 0.2) is 23.6 Å². The Balaban J connectivity index is 2.04. The van der Waals surface area contributed by atoms with Gasteiger partial charge in [0.2, 0.25) is 0 Å². The molecular formula is C15H19N3OS. The third kappa shape index (κ3) is 3.57. The summed E-state index contributed by atoms with van der Waals surface area (Å²) in [5.74, 6) is -0.0303. The van der Waals surface area contributed by atoms with Gasteiger partial charge < -0.3 is 10.6 Å². The van der Waals surface area contributed by atoms with Gasteiger partial charge in [-0.25, -0.2) is 4.98 Å². The molecule has 0 aliphatic heterocycles. The average molecular weight is 289 g/mol. The maximum Gasteiger partial charge on any atom is 0.251 e. The lowest BCUT2D eigenvalue weighted by atomic mass is 10.1. The van der Waals surface area contributed by atoms with Crippen LogP contribution < -0.4 is 10.6 Å². The third-order valence-corrected chi connectivity index (χ3v) is 3.77. The zero-order valence-electron chi connectivity index (χ0n) is 12.0. The molecule has 0 spiro atoms. The van der Waals surface area contributed by atoms with Crippen LogP contribution in [-0.2, 0) is 6.54 Å². The fourth-order valence-corrected chi connectivity index (χ4v) is 2.55. The van der Waals surface area contributed by atoms with E-state index in [0.29, 0.717) is 18.7 Å². The molecule has 2 N–H and O–H groups in total. The summed E-state index contributed by atoms with van der Waals surface area (Å²) in [6, 6.07) is 5.69. The van der Waals surface area contributed by atoms with Crippen molar-refractivity contribution >= 4 is 22.9 Å².